The van der Waals surface area contributed by atoms with Gasteiger partial charge in [0.15, 0.2) is 0 Å². The van der Waals surface area contributed by atoms with Crippen LogP contribution < -0.4 is 0 Å². The summed E-state index contributed by atoms with van der Waals surface area (Å²) in [5.41, 5.74) is 6.19. The molecule has 1 fully saturated rings. The average molecular weight is 370 g/mol. The molecule has 5 rings (SSSR count). The second-order valence-electron chi connectivity index (χ2n) is 8.40. The number of carbonyl (C=O) groups is 1. The first-order valence-electron chi connectivity index (χ1n) is 10.3. The Morgan fingerprint density at radius 2 is 1.68 bits per heavy atom. The number of aromatic nitrogens is 2. The van der Waals surface area contributed by atoms with E-state index in [4.69, 9.17) is 5.10 Å². The van der Waals surface area contributed by atoms with Crippen molar-refractivity contribution in [1.29, 1.82) is 0 Å². The van der Waals surface area contributed by atoms with E-state index in [0.717, 1.165) is 19.3 Å². The zero-order valence-electron chi connectivity index (χ0n) is 16.6. The van der Waals surface area contributed by atoms with Gasteiger partial charge in [-0.05, 0) is 30.7 Å². The molecule has 142 valence electrons. The second-order valence-corrected chi connectivity index (χ2v) is 8.40. The molecule has 0 N–H and O–H groups in total. The van der Waals surface area contributed by atoms with Gasteiger partial charge in [0.25, 0.3) is 0 Å². The van der Waals surface area contributed by atoms with Gasteiger partial charge in [0.2, 0.25) is 0 Å². The van der Waals surface area contributed by atoms with Crippen molar-refractivity contribution in [2.75, 3.05) is 0 Å². The molecule has 2 aliphatic carbocycles. The summed E-state index contributed by atoms with van der Waals surface area (Å²) in [5, 5.41) is 5.13. The van der Waals surface area contributed by atoms with Crippen LogP contribution in [0.25, 0.3) is 11.3 Å². The van der Waals surface area contributed by atoms with Crippen molar-refractivity contribution in [2.45, 2.75) is 38.0 Å². The number of rotatable bonds is 2. The maximum absolute atomic E-state index is 12.6. The number of nitrogens with zero attached hydrogens (tertiary/aromatic N) is 2. The monoisotopic (exact) mass is 370 g/mol. The predicted molar refractivity (Wildman–Crippen MR) is 111 cm³/mol. The van der Waals surface area contributed by atoms with E-state index >= 15 is 0 Å². The summed E-state index contributed by atoms with van der Waals surface area (Å²) in [6, 6.07) is 21.4. The third-order valence-corrected chi connectivity index (χ3v) is 7.12. The van der Waals surface area contributed by atoms with Crippen molar-refractivity contribution in [2.24, 2.45) is 18.9 Å². The Labute approximate surface area is 166 Å². The summed E-state index contributed by atoms with van der Waals surface area (Å²) in [6.07, 6.45) is 3.54. The maximum Gasteiger partial charge on any atom is 0.136 e. The molecule has 2 aromatic carbocycles. The Kier molecular flexibility index (Phi) is 4.01. The largest absolute Gasteiger partial charge is 0.299 e. The number of fused-ring (bicyclic) bond motifs is 3. The van der Waals surface area contributed by atoms with Gasteiger partial charge in [-0.25, -0.2) is 0 Å². The van der Waals surface area contributed by atoms with Crippen molar-refractivity contribution < 1.29 is 4.79 Å². The molecule has 0 unspecified atom stereocenters. The molecule has 3 heteroatoms. The molecule has 1 saturated carbocycles. The highest BCUT2D eigenvalue weighted by Gasteiger charge is 2.54. The van der Waals surface area contributed by atoms with Gasteiger partial charge in [0.05, 0.1) is 11.4 Å². The summed E-state index contributed by atoms with van der Waals surface area (Å²) in [4.78, 5) is 12.6. The number of ketones is 1. The molecule has 3 aromatic rings. The minimum Gasteiger partial charge on any atom is -0.299 e. The van der Waals surface area contributed by atoms with Gasteiger partial charge in [-0.2, -0.15) is 5.10 Å². The maximum atomic E-state index is 12.6. The van der Waals surface area contributed by atoms with Crippen LogP contribution in [0.1, 0.15) is 43.0 Å². The smallest absolute Gasteiger partial charge is 0.136 e. The number of aryl methyl sites for hydroxylation is 1. The summed E-state index contributed by atoms with van der Waals surface area (Å²) < 4.78 is 2.06. The van der Waals surface area contributed by atoms with E-state index in [1.807, 2.05) is 0 Å². The van der Waals surface area contributed by atoms with Gasteiger partial charge in [-0.15, -0.1) is 0 Å². The number of hydrogen-bond donors (Lipinski definition) is 0. The van der Waals surface area contributed by atoms with Crippen molar-refractivity contribution in [3.63, 3.8) is 0 Å². The Hall–Kier alpha value is -2.68. The van der Waals surface area contributed by atoms with Crippen LogP contribution in [0.4, 0.5) is 0 Å². The summed E-state index contributed by atoms with van der Waals surface area (Å²) in [6.45, 7) is 2.13. The van der Waals surface area contributed by atoms with Gasteiger partial charge in [-0.3, -0.25) is 9.48 Å². The minimum absolute atomic E-state index is 0.0873. The van der Waals surface area contributed by atoms with Crippen LogP contribution >= 0.6 is 0 Å². The van der Waals surface area contributed by atoms with E-state index in [-0.39, 0.29) is 11.3 Å². The van der Waals surface area contributed by atoms with E-state index in [2.05, 4.69) is 79.3 Å². The number of carbonyl (C=O) groups excluding carboxylic acids is 1. The van der Waals surface area contributed by atoms with E-state index in [0.29, 0.717) is 18.1 Å². The normalized spacial score (nSPS) is 26.6. The molecule has 0 bridgehead atoms. The van der Waals surface area contributed by atoms with Gasteiger partial charge < -0.3 is 0 Å². The SMILES string of the molecule is C[C@@H]1C(=O)CC[C@]2(c3ccccc3)c3nn(C)c(-c4ccccc4)c3CC[C@@H]12. The fraction of sp³-hybridized carbons (Fsp3) is 0.360. The van der Waals surface area contributed by atoms with Crippen molar-refractivity contribution in [1.82, 2.24) is 9.78 Å². The lowest BCUT2D eigenvalue weighted by molar-refractivity contribution is -0.128. The number of Topliss-reactive ketones (excluding diaryl/α,β-unsaturated/α-hetero) is 1. The first-order valence-corrected chi connectivity index (χ1v) is 10.3. The molecule has 0 saturated heterocycles. The molecule has 0 spiro atoms. The van der Waals surface area contributed by atoms with E-state index in [9.17, 15) is 4.79 Å². The third-order valence-electron chi connectivity index (χ3n) is 7.12. The summed E-state index contributed by atoms with van der Waals surface area (Å²) in [5.74, 6) is 0.825. The quantitative estimate of drug-likeness (QED) is 0.641. The lowest BCUT2D eigenvalue weighted by Crippen LogP contribution is -2.49. The molecule has 28 heavy (non-hydrogen) atoms. The number of hydrogen-bond acceptors (Lipinski definition) is 2. The topological polar surface area (TPSA) is 34.9 Å². The minimum atomic E-state index is -0.160. The van der Waals surface area contributed by atoms with Crippen molar-refractivity contribution in [3.05, 3.63) is 77.5 Å². The molecule has 3 atom stereocenters. The second kappa shape index (κ2) is 6.44. The number of benzene rings is 2. The Balaban J connectivity index is 1.77. The van der Waals surface area contributed by atoms with Gasteiger partial charge in [0.1, 0.15) is 5.78 Å². The molecular formula is C25H26N2O. The molecule has 1 aromatic heterocycles. The summed E-state index contributed by atoms with van der Waals surface area (Å²) in [7, 11) is 2.06. The molecule has 0 radical (unpaired) electrons. The molecule has 1 heterocycles. The van der Waals surface area contributed by atoms with Crippen LogP contribution in [0.3, 0.4) is 0 Å². The zero-order chi connectivity index (χ0) is 19.3. The Bertz CT molecular complexity index is 1020. The molecule has 0 aliphatic heterocycles. The van der Waals surface area contributed by atoms with E-state index < -0.39 is 0 Å². The van der Waals surface area contributed by atoms with Gasteiger partial charge in [-0.1, -0.05) is 67.6 Å². The predicted octanol–water partition coefficient (Wildman–Crippen LogP) is 4.93. The van der Waals surface area contributed by atoms with Crippen LogP contribution in [0.15, 0.2) is 60.7 Å². The third kappa shape index (κ3) is 2.35. The van der Waals surface area contributed by atoms with Crippen molar-refractivity contribution >= 4 is 5.78 Å². The fourth-order valence-electron chi connectivity index (χ4n) is 5.83. The molecule has 3 nitrogen and oxygen atoms in total. The highest BCUT2D eigenvalue weighted by molar-refractivity contribution is 5.83. The first kappa shape index (κ1) is 17.4. The van der Waals surface area contributed by atoms with Gasteiger partial charge in [0, 0.05) is 35.9 Å². The standard InChI is InChI=1S/C25H26N2O/c1-17-21-14-13-20-23(18-9-5-3-6-10-18)27(2)26-24(20)25(21,16-15-22(17)28)19-11-7-4-8-12-19/h3-12,17,21H,13-16H2,1-2H3/t17-,21-,25+/m0/s1. The van der Waals surface area contributed by atoms with E-state index in [1.165, 1.54) is 28.1 Å². The molecule has 2 aliphatic rings. The summed E-state index contributed by atoms with van der Waals surface area (Å²) >= 11 is 0. The zero-order valence-corrected chi connectivity index (χ0v) is 16.6. The average Bonchev–Trinajstić information content (AvgIpc) is 3.08. The fourth-order valence-corrected chi connectivity index (χ4v) is 5.83. The Morgan fingerprint density at radius 1 is 1.00 bits per heavy atom. The van der Waals surface area contributed by atoms with Crippen LogP contribution in [0.2, 0.25) is 0 Å². The molecule has 0 amide bonds. The highest BCUT2D eigenvalue weighted by atomic mass is 16.1. The van der Waals surface area contributed by atoms with Crippen molar-refractivity contribution in [3.8, 4) is 11.3 Å². The van der Waals surface area contributed by atoms with Crippen LogP contribution in [0.5, 0.6) is 0 Å². The molecular weight excluding hydrogens is 344 g/mol. The highest BCUT2D eigenvalue weighted by Crippen LogP contribution is 2.55. The van der Waals surface area contributed by atoms with Crippen LogP contribution in [0, 0.1) is 11.8 Å². The first-order chi connectivity index (χ1) is 13.6. The van der Waals surface area contributed by atoms with Gasteiger partial charge >= 0.3 is 0 Å². The lowest BCUT2D eigenvalue weighted by atomic mass is 9.53. The van der Waals surface area contributed by atoms with Crippen LogP contribution in [-0.2, 0) is 23.7 Å². The lowest BCUT2D eigenvalue weighted by Gasteiger charge is -2.49. The Morgan fingerprint density at radius 3 is 2.39 bits per heavy atom. The van der Waals surface area contributed by atoms with Crippen LogP contribution in [-0.4, -0.2) is 15.6 Å². The van der Waals surface area contributed by atoms with E-state index in [1.54, 1.807) is 0 Å².